The highest BCUT2D eigenvalue weighted by atomic mass is 16.5. The van der Waals surface area contributed by atoms with Crippen molar-refractivity contribution < 1.29 is 14.3 Å². The molecule has 0 aliphatic carbocycles. The van der Waals surface area contributed by atoms with E-state index >= 15 is 0 Å². The van der Waals surface area contributed by atoms with Crippen molar-refractivity contribution in [3.05, 3.63) is 24.5 Å². The first kappa shape index (κ1) is 14.8. The number of aromatic nitrogens is 1. The van der Waals surface area contributed by atoms with Crippen LogP contribution in [0.3, 0.4) is 0 Å². The first-order valence-electron chi connectivity index (χ1n) is 7.21. The number of nitrogens with zero attached hydrogens (tertiary/aromatic N) is 2. The van der Waals surface area contributed by atoms with Crippen LogP contribution < -0.4 is 4.74 Å². The molecule has 1 aliphatic rings. The van der Waals surface area contributed by atoms with Crippen LogP contribution in [0.4, 0.5) is 0 Å². The van der Waals surface area contributed by atoms with Gasteiger partial charge in [0.25, 0.3) is 5.91 Å². The topological polar surface area (TPSA) is 51.7 Å². The highest BCUT2D eigenvalue weighted by Crippen LogP contribution is 2.14. The number of pyridine rings is 1. The van der Waals surface area contributed by atoms with Crippen LogP contribution in [0.1, 0.15) is 26.2 Å². The Labute approximate surface area is 119 Å². The van der Waals surface area contributed by atoms with Gasteiger partial charge in [0.05, 0.1) is 12.3 Å². The Morgan fingerprint density at radius 2 is 2.45 bits per heavy atom. The number of amides is 1. The van der Waals surface area contributed by atoms with E-state index in [2.05, 4.69) is 4.98 Å². The van der Waals surface area contributed by atoms with Crippen LogP contribution in [-0.2, 0) is 9.53 Å². The van der Waals surface area contributed by atoms with Crippen molar-refractivity contribution in [1.82, 2.24) is 9.88 Å². The minimum absolute atomic E-state index is 0.00877. The van der Waals surface area contributed by atoms with Gasteiger partial charge in [0.1, 0.15) is 5.75 Å². The van der Waals surface area contributed by atoms with E-state index in [0.717, 1.165) is 19.4 Å². The van der Waals surface area contributed by atoms with E-state index in [1.165, 1.54) is 6.42 Å². The molecule has 0 aromatic carbocycles. The van der Waals surface area contributed by atoms with Crippen molar-refractivity contribution >= 4 is 5.91 Å². The zero-order chi connectivity index (χ0) is 14.2. The Bertz CT molecular complexity index is 405. The first-order valence-corrected chi connectivity index (χ1v) is 7.21. The molecule has 5 nitrogen and oxygen atoms in total. The van der Waals surface area contributed by atoms with E-state index in [0.29, 0.717) is 18.8 Å². The molecule has 1 atom stereocenters. The molecule has 0 spiro atoms. The predicted molar refractivity (Wildman–Crippen MR) is 75.6 cm³/mol. The summed E-state index contributed by atoms with van der Waals surface area (Å²) in [5, 5.41) is 0. The van der Waals surface area contributed by atoms with E-state index in [1.807, 2.05) is 6.92 Å². The molecule has 1 aromatic rings. The number of ether oxygens (including phenoxy) is 2. The van der Waals surface area contributed by atoms with Gasteiger partial charge < -0.3 is 14.4 Å². The monoisotopic (exact) mass is 278 g/mol. The molecule has 5 heteroatoms. The van der Waals surface area contributed by atoms with Crippen molar-refractivity contribution in [2.24, 2.45) is 0 Å². The van der Waals surface area contributed by atoms with Crippen LogP contribution in [0, 0.1) is 0 Å². The van der Waals surface area contributed by atoms with Crippen LogP contribution in [0.2, 0.25) is 0 Å². The van der Waals surface area contributed by atoms with Gasteiger partial charge in [0.2, 0.25) is 0 Å². The fourth-order valence-corrected chi connectivity index (χ4v) is 2.27. The maximum Gasteiger partial charge on any atom is 0.260 e. The predicted octanol–water partition coefficient (Wildman–Crippen LogP) is 1.88. The average molecular weight is 278 g/mol. The summed E-state index contributed by atoms with van der Waals surface area (Å²) in [5.74, 6) is 0.608. The Morgan fingerprint density at radius 3 is 3.10 bits per heavy atom. The molecule has 1 aliphatic heterocycles. The van der Waals surface area contributed by atoms with Crippen LogP contribution in [-0.4, -0.2) is 48.2 Å². The molecule has 1 unspecified atom stereocenters. The molecule has 1 amide bonds. The summed E-state index contributed by atoms with van der Waals surface area (Å²) in [6, 6.07) is 3.58. The van der Waals surface area contributed by atoms with Gasteiger partial charge >= 0.3 is 0 Å². The summed E-state index contributed by atoms with van der Waals surface area (Å²) in [6.45, 7) is 4.17. The van der Waals surface area contributed by atoms with Crippen LogP contribution >= 0.6 is 0 Å². The number of hydrogen-bond donors (Lipinski definition) is 0. The standard InChI is InChI=1S/C15H22N2O3/c1-2-17(11-14-6-3-4-9-19-14)15(18)12-20-13-7-5-8-16-10-13/h5,7-8,10,14H,2-4,6,9,11-12H2,1H3. The maximum atomic E-state index is 12.1. The third kappa shape index (κ3) is 4.49. The molecule has 1 fully saturated rings. The summed E-state index contributed by atoms with van der Waals surface area (Å²) < 4.78 is 11.1. The van der Waals surface area contributed by atoms with E-state index in [-0.39, 0.29) is 18.6 Å². The van der Waals surface area contributed by atoms with Gasteiger partial charge in [-0.1, -0.05) is 0 Å². The second-order valence-electron chi connectivity index (χ2n) is 4.90. The summed E-state index contributed by atoms with van der Waals surface area (Å²) in [5.41, 5.74) is 0. The number of hydrogen-bond acceptors (Lipinski definition) is 4. The molecule has 0 bridgehead atoms. The zero-order valence-corrected chi connectivity index (χ0v) is 12.0. The lowest BCUT2D eigenvalue weighted by molar-refractivity contribution is -0.135. The summed E-state index contributed by atoms with van der Waals surface area (Å²) >= 11 is 0. The molecule has 110 valence electrons. The highest BCUT2D eigenvalue weighted by Gasteiger charge is 2.20. The lowest BCUT2D eigenvalue weighted by Crippen LogP contribution is -2.41. The summed E-state index contributed by atoms with van der Waals surface area (Å²) in [6.07, 6.45) is 6.80. The number of likely N-dealkylation sites (N-methyl/N-ethyl adjacent to an activating group) is 1. The molecular formula is C15H22N2O3. The SMILES string of the molecule is CCN(CC1CCCCO1)C(=O)COc1cccnc1. The van der Waals surface area contributed by atoms with Gasteiger partial charge in [-0.25, -0.2) is 0 Å². The third-order valence-corrected chi connectivity index (χ3v) is 3.43. The quantitative estimate of drug-likeness (QED) is 0.797. The minimum Gasteiger partial charge on any atom is -0.482 e. The van der Waals surface area contributed by atoms with Gasteiger partial charge in [0, 0.05) is 25.9 Å². The first-order chi connectivity index (χ1) is 9.79. The normalized spacial score (nSPS) is 18.6. The molecular weight excluding hydrogens is 256 g/mol. The van der Waals surface area contributed by atoms with E-state index in [1.54, 1.807) is 29.4 Å². The van der Waals surface area contributed by atoms with Crippen molar-refractivity contribution in [3.8, 4) is 5.75 Å². The summed E-state index contributed by atoms with van der Waals surface area (Å²) in [7, 11) is 0. The Morgan fingerprint density at radius 1 is 1.55 bits per heavy atom. The average Bonchev–Trinajstić information content (AvgIpc) is 2.52. The van der Waals surface area contributed by atoms with Gasteiger partial charge in [-0.3, -0.25) is 9.78 Å². The van der Waals surface area contributed by atoms with Gasteiger partial charge in [-0.2, -0.15) is 0 Å². The van der Waals surface area contributed by atoms with Gasteiger partial charge in [0.15, 0.2) is 6.61 Å². The number of carbonyl (C=O) groups is 1. The zero-order valence-electron chi connectivity index (χ0n) is 12.0. The Balaban J connectivity index is 1.79. The third-order valence-electron chi connectivity index (χ3n) is 3.43. The smallest absolute Gasteiger partial charge is 0.260 e. The van der Waals surface area contributed by atoms with Crippen molar-refractivity contribution in [2.75, 3.05) is 26.3 Å². The second-order valence-corrected chi connectivity index (χ2v) is 4.90. The molecule has 20 heavy (non-hydrogen) atoms. The lowest BCUT2D eigenvalue weighted by Gasteiger charge is -2.29. The summed E-state index contributed by atoms with van der Waals surface area (Å²) in [4.78, 5) is 17.9. The molecule has 2 heterocycles. The fraction of sp³-hybridized carbons (Fsp3) is 0.600. The minimum atomic E-state index is -0.00877. The van der Waals surface area contributed by atoms with Crippen molar-refractivity contribution in [1.29, 1.82) is 0 Å². The molecule has 1 saturated heterocycles. The molecule has 0 saturated carbocycles. The van der Waals surface area contributed by atoms with Crippen molar-refractivity contribution in [3.63, 3.8) is 0 Å². The Hall–Kier alpha value is -1.62. The van der Waals surface area contributed by atoms with Crippen molar-refractivity contribution in [2.45, 2.75) is 32.3 Å². The van der Waals surface area contributed by atoms with E-state index < -0.39 is 0 Å². The number of rotatable bonds is 6. The van der Waals surface area contributed by atoms with Crippen LogP contribution in [0.5, 0.6) is 5.75 Å². The fourth-order valence-electron chi connectivity index (χ4n) is 2.27. The van der Waals surface area contributed by atoms with Crippen LogP contribution in [0.25, 0.3) is 0 Å². The van der Waals surface area contributed by atoms with Gasteiger partial charge in [-0.15, -0.1) is 0 Å². The number of carbonyl (C=O) groups excluding carboxylic acids is 1. The molecule has 0 N–H and O–H groups in total. The second kappa shape index (κ2) is 7.85. The van der Waals surface area contributed by atoms with Gasteiger partial charge in [-0.05, 0) is 38.3 Å². The highest BCUT2D eigenvalue weighted by molar-refractivity contribution is 5.77. The van der Waals surface area contributed by atoms with E-state index in [9.17, 15) is 4.79 Å². The van der Waals surface area contributed by atoms with Crippen LogP contribution in [0.15, 0.2) is 24.5 Å². The lowest BCUT2D eigenvalue weighted by atomic mass is 10.1. The Kier molecular flexibility index (Phi) is 5.80. The maximum absolute atomic E-state index is 12.1. The molecule has 2 rings (SSSR count). The molecule has 1 aromatic heterocycles. The van der Waals surface area contributed by atoms with E-state index in [4.69, 9.17) is 9.47 Å². The largest absolute Gasteiger partial charge is 0.482 e. The molecule has 0 radical (unpaired) electrons.